The summed E-state index contributed by atoms with van der Waals surface area (Å²) in [4.78, 5) is 11.4. The number of fused-ring (bicyclic) bond motifs is 1. The molecule has 1 atom stereocenters. The predicted octanol–water partition coefficient (Wildman–Crippen LogP) is 3.02. The van der Waals surface area contributed by atoms with Crippen molar-refractivity contribution in [3.05, 3.63) is 35.6 Å². The highest BCUT2D eigenvalue weighted by Gasteiger charge is 2.20. The smallest absolute Gasteiger partial charge is 0.339 e. The molecular weight excluding hydrogens is 254 g/mol. The molecule has 0 aliphatic heterocycles. The van der Waals surface area contributed by atoms with E-state index < -0.39 is 5.97 Å². The number of para-hydroxylation sites is 1. The first-order valence-corrected chi connectivity index (χ1v) is 6.60. The second-order valence-corrected chi connectivity index (χ2v) is 4.59. The van der Waals surface area contributed by atoms with Gasteiger partial charge in [0.05, 0.1) is 12.6 Å². The topological polar surface area (TPSA) is 62.5 Å². The van der Waals surface area contributed by atoms with Crippen LogP contribution in [-0.4, -0.2) is 17.1 Å². The lowest BCUT2D eigenvalue weighted by atomic mass is 10.1. The molecule has 2 N–H and O–H groups in total. The fourth-order valence-corrected chi connectivity index (χ4v) is 2.20. The van der Waals surface area contributed by atoms with E-state index in [1.54, 1.807) is 18.2 Å². The fraction of sp³-hybridized carbons (Fsp3) is 0.312. The van der Waals surface area contributed by atoms with Crippen LogP contribution in [-0.2, 0) is 6.54 Å². The number of carboxylic acids is 1. The zero-order valence-corrected chi connectivity index (χ0v) is 11.3. The molecule has 0 aliphatic rings. The van der Waals surface area contributed by atoms with Gasteiger partial charge in [0.25, 0.3) is 0 Å². The average Bonchev–Trinajstić information content (AvgIpc) is 2.81. The van der Waals surface area contributed by atoms with Gasteiger partial charge in [-0.2, -0.15) is 0 Å². The van der Waals surface area contributed by atoms with E-state index in [-0.39, 0.29) is 11.6 Å². The number of carbonyl (C=O) groups is 1. The molecule has 2 rings (SSSR count). The predicted molar refractivity (Wildman–Crippen MR) is 77.5 cm³/mol. The number of hydrogen-bond acceptors (Lipinski definition) is 3. The zero-order valence-electron chi connectivity index (χ0n) is 11.3. The number of terminal acetylenes is 1. The summed E-state index contributed by atoms with van der Waals surface area (Å²) >= 11 is 0. The standard InChI is InChI=1S/C16H17NO3/c1-3-7-11(4-2)17-10-14-15(16(18)19)12-8-5-6-9-13(12)20-14/h2,5-6,8-9,11,17H,3,7,10H2,1H3,(H,18,19). The van der Waals surface area contributed by atoms with Crippen LogP contribution < -0.4 is 5.32 Å². The van der Waals surface area contributed by atoms with Crippen molar-refractivity contribution in [1.82, 2.24) is 5.32 Å². The van der Waals surface area contributed by atoms with E-state index in [0.29, 0.717) is 23.3 Å². The molecule has 0 bridgehead atoms. The van der Waals surface area contributed by atoms with Gasteiger partial charge < -0.3 is 9.52 Å². The van der Waals surface area contributed by atoms with Crippen molar-refractivity contribution in [2.24, 2.45) is 0 Å². The molecule has 4 heteroatoms. The third kappa shape index (κ3) is 2.84. The number of hydrogen-bond donors (Lipinski definition) is 2. The number of furan rings is 1. The van der Waals surface area contributed by atoms with Gasteiger partial charge in [0.1, 0.15) is 16.9 Å². The Balaban J connectivity index is 2.28. The summed E-state index contributed by atoms with van der Waals surface area (Å²) in [5.41, 5.74) is 0.787. The third-order valence-electron chi connectivity index (χ3n) is 3.17. The van der Waals surface area contributed by atoms with Gasteiger partial charge in [-0.3, -0.25) is 5.32 Å². The maximum Gasteiger partial charge on any atom is 0.339 e. The number of benzene rings is 1. The van der Waals surface area contributed by atoms with Gasteiger partial charge in [-0.15, -0.1) is 6.42 Å². The van der Waals surface area contributed by atoms with Crippen LogP contribution in [0.4, 0.5) is 0 Å². The van der Waals surface area contributed by atoms with Crippen molar-refractivity contribution in [1.29, 1.82) is 0 Å². The molecule has 0 fully saturated rings. The van der Waals surface area contributed by atoms with Gasteiger partial charge in [0.15, 0.2) is 0 Å². The van der Waals surface area contributed by atoms with Crippen molar-refractivity contribution in [2.45, 2.75) is 32.4 Å². The van der Waals surface area contributed by atoms with Crippen LogP contribution in [0, 0.1) is 12.3 Å². The number of nitrogens with one attached hydrogen (secondary N) is 1. The molecule has 0 spiro atoms. The summed E-state index contributed by atoms with van der Waals surface area (Å²) in [6, 6.07) is 7.04. The molecule has 104 valence electrons. The van der Waals surface area contributed by atoms with E-state index in [0.717, 1.165) is 12.8 Å². The van der Waals surface area contributed by atoms with Crippen LogP contribution in [0.5, 0.6) is 0 Å². The summed E-state index contributed by atoms with van der Waals surface area (Å²) in [6.45, 7) is 2.36. The second kappa shape index (κ2) is 6.27. The molecule has 20 heavy (non-hydrogen) atoms. The maximum absolute atomic E-state index is 11.4. The van der Waals surface area contributed by atoms with Crippen LogP contribution in [0.3, 0.4) is 0 Å². The van der Waals surface area contributed by atoms with Crippen LogP contribution in [0.1, 0.15) is 35.9 Å². The first-order chi connectivity index (χ1) is 9.67. The third-order valence-corrected chi connectivity index (χ3v) is 3.17. The highest BCUT2D eigenvalue weighted by Crippen LogP contribution is 2.25. The molecule has 0 aliphatic carbocycles. The van der Waals surface area contributed by atoms with Crippen LogP contribution in [0.25, 0.3) is 11.0 Å². The molecule has 0 radical (unpaired) electrons. The summed E-state index contributed by atoms with van der Waals surface area (Å²) in [6.07, 6.45) is 7.25. The monoisotopic (exact) mass is 271 g/mol. The summed E-state index contributed by atoms with van der Waals surface area (Å²) < 4.78 is 5.62. The van der Waals surface area contributed by atoms with Crippen molar-refractivity contribution < 1.29 is 14.3 Å². The van der Waals surface area contributed by atoms with Gasteiger partial charge in [-0.25, -0.2) is 4.79 Å². The molecule has 1 aromatic heterocycles. The van der Waals surface area contributed by atoms with E-state index in [2.05, 4.69) is 18.2 Å². The Morgan fingerprint density at radius 3 is 2.90 bits per heavy atom. The van der Waals surface area contributed by atoms with E-state index in [1.165, 1.54) is 0 Å². The molecule has 1 aromatic carbocycles. The Bertz CT molecular complexity index is 651. The number of rotatable bonds is 6. The molecule has 0 saturated heterocycles. The Labute approximate surface area is 117 Å². The van der Waals surface area contributed by atoms with Crippen molar-refractivity contribution in [2.75, 3.05) is 0 Å². The number of aromatic carboxylic acids is 1. The van der Waals surface area contributed by atoms with Crippen molar-refractivity contribution >= 4 is 16.9 Å². The molecule has 1 heterocycles. The Morgan fingerprint density at radius 1 is 1.50 bits per heavy atom. The normalized spacial score (nSPS) is 12.2. The minimum atomic E-state index is -0.987. The van der Waals surface area contributed by atoms with Crippen LogP contribution in [0.2, 0.25) is 0 Å². The Kier molecular flexibility index (Phi) is 4.44. The second-order valence-electron chi connectivity index (χ2n) is 4.59. The summed E-state index contributed by atoms with van der Waals surface area (Å²) in [5, 5.41) is 13.1. The quantitative estimate of drug-likeness (QED) is 0.793. The van der Waals surface area contributed by atoms with Gasteiger partial charge in [-0.05, 0) is 12.5 Å². The highest BCUT2D eigenvalue weighted by atomic mass is 16.4. The lowest BCUT2D eigenvalue weighted by Gasteiger charge is -2.10. The van der Waals surface area contributed by atoms with Gasteiger partial charge in [0.2, 0.25) is 0 Å². The lowest BCUT2D eigenvalue weighted by molar-refractivity contribution is 0.0696. The SMILES string of the molecule is C#CC(CCC)NCc1oc2ccccc2c1C(=O)O. The molecule has 2 aromatic rings. The van der Waals surface area contributed by atoms with E-state index in [4.69, 9.17) is 10.8 Å². The first kappa shape index (κ1) is 14.2. The zero-order chi connectivity index (χ0) is 14.5. The van der Waals surface area contributed by atoms with Crippen molar-refractivity contribution in [3.63, 3.8) is 0 Å². The molecule has 4 nitrogen and oxygen atoms in total. The largest absolute Gasteiger partial charge is 0.478 e. The molecule has 0 saturated carbocycles. The molecular formula is C16H17NO3. The summed E-state index contributed by atoms with van der Waals surface area (Å²) in [5.74, 6) is 2.08. The van der Waals surface area contributed by atoms with E-state index in [9.17, 15) is 9.90 Å². The first-order valence-electron chi connectivity index (χ1n) is 6.60. The average molecular weight is 271 g/mol. The fourth-order valence-electron chi connectivity index (χ4n) is 2.20. The Morgan fingerprint density at radius 2 is 2.25 bits per heavy atom. The van der Waals surface area contributed by atoms with Gasteiger partial charge >= 0.3 is 5.97 Å². The highest BCUT2D eigenvalue weighted by molar-refractivity contribution is 6.03. The maximum atomic E-state index is 11.4. The number of carboxylic acid groups (broad SMARTS) is 1. The Hall–Kier alpha value is -2.25. The van der Waals surface area contributed by atoms with Gasteiger partial charge in [0, 0.05) is 5.39 Å². The molecule has 0 amide bonds. The van der Waals surface area contributed by atoms with Crippen LogP contribution >= 0.6 is 0 Å². The minimum Gasteiger partial charge on any atom is -0.478 e. The van der Waals surface area contributed by atoms with Gasteiger partial charge in [-0.1, -0.05) is 37.5 Å². The van der Waals surface area contributed by atoms with E-state index in [1.807, 2.05) is 6.07 Å². The van der Waals surface area contributed by atoms with Crippen molar-refractivity contribution in [3.8, 4) is 12.3 Å². The summed E-state index contributed by atoms with van der Waals surface area (Å²) in [7, 11) is 0. The van der Waals surface area contributed by atoms with E-state index >= 15 is 0 Å². The lowest BCUT2D eigenvalue weighted by Crippen LogP contribution is -2.27. The molecule has 1 unspecified atom stereocenters. The van der Waals surface area contributed by atoms with Crippen LogP contribution in [0.15, 0.2) is 28.7 Å². The minimum absolute atomic E-state index is 0.0742.